The molecule has 24 heavy (non-hydrogen) atoms. The van der Waals surface area contributed by atoms with E-state index in [4.69, 9.17) is 0 Å². The Morgan fingerprint density at radius 2 is 1.54 bits per heavy atom. The van der Waals surface area contributed by atoms with Crippen molar-refractivity contribution in [3.8, 4) is 0 Å². The monoisotopic (exact) mass is 326 g/mol. The van der Waals surface area contributed by atoms with Crippen molar-refractivity contribution in [2.75, 3.05) is 0 Å². The third-order valence-electron chi connectivity index (χ3n) is 3.71. The lowest BCUT2D eigenvalue weighted by atomic mass is 10.0. The Balaban J connectivity index is 2.12. The number of carbonyl (C=O) groups excluding carboxylic acids is 1. The van der Waals surface area contributed by atoms with Crippen molar-refractivity contribution in [1.29, 1.82) is 0 Å². The number of aryl methyl sites for hydroxylation is 1. The zero-order valence-electron chi connectivity index (χ0n) is 13.7. The van der Waals surface area contributed by atoms with Crippen LogP contribution in [0, 0.1) is 0 Å². The summed E-state index contributed by atoms with van der Waals surface area (Å²) in [6, 6.07) is 18.4. The highest BCUT2D eigenvalue weighted by Gasteiger charge is 2.26. The minimum Gasteiger partial charge on any atom is -0.480 e. The first-order valence-electron chi connectivity index (χ1n) is 7.91. The van der Waals surface area contributed by atoms with Gasteiger partial charge in [-0.1, -0.05) is 60.7 Å². The van der Waals surface area contributed by atoms with Crippen LogP contribution in [0.5, 0.6) is 0 Å². The standard InChI is InChI=1S/C19H22N2O3/c1-15(22)20-21(14-17-10-6-3-7-11-17)18(19(23)24)13-12-16-8-4-2-5-9-16/h2-11,18H,12-14H2,1H3,(H,20,22)(H,23,24). The average Bonchev–Trinajstić information content (AvgIpc) is 2.56. The van der Waals surface area contributed by atoms with Gasteiger partial charge in [0.15, 0.2) is 0 Å². The molecule has 2 aromatic rings. The number of rotatable bonds is 8. The van der Waals surface area contributed by atoms with Gasteiger partial charge in [0.05, 0.1) is 0 Å². The number of hydrogen-bond donors (Lipinski definition) is 2. The zero-order chi connectivity index (χ0) is 17.4. The van der Waals surface area contributed by atoms with E-state index in [0.717, 1.165) is 11.1 Å². The summed E-state index contributed by atoms with van der Waals surface area (Å²) < 4.78 is 0. The van der Waals surface area contributed by atoms with Crippen LogP contribution in [0.3, 0.4) is 0 Å². The number of hydrogen-bond acceptors (Lipinski definition) is 3. The third kappa shape index (κ3) is 5.52. The van der Waals surface area contributed by atoms with Gasteiger partial charge in [0.25, 0.3) is 0 Å². The summed E-state index contributed by atoms with van der Waals surface area (Å²) in [6.45, 7) is 1.72. The molecule has 0 spiro atoms. The number of benzene rings is 2. The molecule has 0 aliphatic carbocycles. The number of carboxylic acid groups (broad SMARTS) is 1. The van der Waals surface area contributed by atoms with Gasteiger partial charge in [0, 0.05) is 13.5 Å². The second-order valence-electron chi connectivity index (χ2n) is 5.66. The highest BCUT2D eigenvalue weighted by atomic mass is 16.4. The summed E-state index contributed by atoms with van der Waals surface area (Å²) in [5.74, 6) is -1.23. The van der Waals surface area contributed by atoms with E-state index in [0.29, 0.717) is 19.4 Å². The van der Waals surface area contributed by atoms with Crippen LogP contribution >= 0.6 is 0 Å². The third-order valence-corrected chi connectivity index (χ3v) is 3.71. The molecule has 2 N–H and O–H groups in total. The molecule has 0 bridgehead atoms. The van der Waals surface area contributed by atoms with Gasteiger partial charge in [-0.3, -0.25) is 15.0 Å². The number of aliphatic carboxylic acids is 1. The Hall–Kier alpha value is -2.66. The van der Waals surface area contributed by atoms with Crippen molar-refractivity contribution < 1.29 is 14.7 Å². The number of hydrazine groups is 1. The molecular weight excluding hydrogens is 304 g/mol. The fraction of sp³-hybridized carbons (Fsp3) is 0.263. The van der Waals surface area contributed by atoms with E-state index in [1.165, 1.54) is 11.9 Å². The lowest BCUT2D eigenvalue weighted by Gasteiger charge is -2.29. The average molecular weight is 326 g/mol. The van der Waals surface area contributed by atoms with Gasteiger partial charge in [0.2, 0.25) is 5.91 Å². The number of amides is 1. The molecule has 0 aliphatic rings. The molecule has 2 aromatic carbocycles. The molecule has 0 aliphatic heterocycles. The second-order valence-corrected chi connectivity index (χ2v) is 5.66. The molecule has 5 heteroatoms. The van der Waals surface area contributed by atoms with Gasteiger partial charge in [-0.05, 0) is 24.0 Å². The number of carbonyl (C=O) groups is 2. The largest absolute Gasteiger partial charge is 0.480 e. The fourth-order valence-electron chi connectivity index (χ4n) is 2.57. The summed E-state index contributed by atoms with van der Waals surface area (Å²) >= 11 is 0. The van der Waals surface area contributed by atoms with E-state index in [1.807, 2.05) is 60.7 Å². The maximum Gasteiger partial charge on any atom is 0.322 e. The quantitative estimate of drug-likeness (QED) is 0.732. The molecule has 0 saturated carbocycles. The van der Waals surface area contributed by atoms with Gasteiger partial charge in [-0.15, -0.1) is 0 Å². The minimum atomic E-state index is -0.949. The minimum absolute atomic E-state index is 0.281. The molecule has 126 valence electrons. The van der Waals surface area contributed by atoms with Crippen LogP contribution in [0.2, 0.25) is 0 Å². The first kappa shape index (κ1) is 17.7. The van der Waals surface area contributed by atoms with E-state index in [1.54, 1.807) is 0 Å². The van der Waals surface area contributed by atoms with Crippen molar-refractivity contribution in [1.82, 2.24) is 10.4 Å². The van der Waals surface area contributed by atoms with Gasteiger partial charge >= 0.3 is 5.97 Å². The fourth-order valence-corrected chi connectivity index (χ4v) is 2.57. The van der Waals surface area contributed by atoms with Gasteiger partial charge in [-0.25, -0.2) is 5.01 Å². The normalized spacial score (nSPS) is 11.9. The number of nitrogens with one attached hydrogen (secondary N) is 1. The van der Waals surface area contributed by atoms with Gasteiger partial charge in [-0.2, -0.15) is 0 Å². The Morgan fingerprint density at radius 1 is 1.00 bits per heavy atom. The van der Waals surface area contributed by atoms with Crippen LogP contribution in [0.15, 0.2) is 60.7 Å². The number of nitrogens with zero attached hydrogens (tertiary/aromatic N) is 1. The summed E-state index contributed by atoms with van der Waals surface area (Å²) in [5, 5.41) is 11.1. The van der Waals surface area contributed by atoms with E-state index < -0.39 is 12.0 Å². The topological polar surface area (TPSA) is 69.6 Å². The molecule has 1 atom stereocenters. The van der Waals surface area contributed by atoms with E-state index >= 15 is 0 Å². The Morgan fingerprint density at radius 3 is 2.04 bits per heavy atom. The molecule has 0 saturated heterocycles. The molecule has 0 fully saturated rings. The SMILES string of the molecule is CC(=O)NN(Cc1ccccc1)C(CCc1ccccc1)C(=O)O. The Kier molecular flexibility index (Phi) is 6.51. The molecule has 5 nitrogen and oxygen atoms in total. The highest BCUT2D eigenvalue weighted by Crippen LogP contribution is 2.13. The van der Waals surface area contributed by atoms with E-state index in [-0.39, 0.29) is 5.91 Å². The van der Waals surface area contributed by atoms with Crippen molar-refractivity contribution in [2.45, 2.75) is 32.4 Å². The number of carboxylic acids is 1. The molecule has 1 amide bonds. The first-order chi connectivity index (χ1) is 11.6. The summed E-state index contributed by atoms with van der Waals surface area (Å²) in [5.41, 5.74) is 4.68. The van der Waals surface area contributed by atoms with Crippen LogP contribution in [0.25, 0.3) is 0 Å². The first-order valence-corrected chi connectivity index (χ1v) is 7.91. The summed E-state index contributed by atoms with van der Waals surface area (Å²) in [7, 11) is 0. The van der Waals surface area contributed by atoms with Crippen LogP contribution in [-0.2, 0) is 22.6 Å². The predicted molar refractivity (Wildman–Crippen MR) is 92.0 cm³/mol. The Labute approximate surface area is 141 Å². The smallest absolute Gasteiger partial charge is 0.322 e. The maximum atomic E-state index is 11.7. The van der Waals surface area contributed by atoms with Crippen molar-refractivity contribution in [3.05, 3.63) is 71.8 Å². The highest BCUT2D eigenvalue weighted by molar-refractivity contribution is 5.76. The predicted octanol–water partition coefficient (Wildman–Crippen LogP) is 2.63. The lowest BCUT2D eigenvalue weighted by molar-refractivity contribution is -0.146. The summed E-state index contributed by atoms with van der Waals surface area (Å²) in [4.78, 5) is 23.2. The van der Waals surface area contributed by atoms with Crippen LogP contribution in [0.4, 0.5) is 0 Å². The van der Waals surface area contributed by atoms with Crippen molar-refractivity contribution in [3.63, 3.8) is 0 Å². The van der Waals surface area contributed by atoms with Crippen LogP contribution < -0.4 is 5.43 Å². The molecule has 0 heterocycles. The maximum absolute atomic E-state index is 11.7. The van der Waals surface area contributed by atoms with Crippen molar-refractivity contribution in [2.24, 2.45) is 0 Å². The van der Waals surface area contributed by atoms with Crippen molar-refractivity contribution >= 4 is 11.9 Å². The molecule has 0 aromatic heterocycles. The van der Waals surface area contributed by atoms with Gasteiger partial charge < -0.3 is 5.11 Å². The van der Waals surface area contributed by atoms with Gasteiger partial charge in [0.1, 0.15) is 6.04 Å². The second kappa shape index (κ2) is 8.84. The van der Waals surface area contributed by atoms with Crippen LogP contribution in [0.1, 0.15) is 24.5 Å². The van der Waals surface area contributed by atoms with Crippen LogP contribution in [-0.4, -0.2) is 28.0 Å². The molecule has 2 rings (SSSR count). The molecular formula is C19H22N2O3. The Bertz CT molecular complexity index is 659. The van der Waals surface area contributed by atoms with E-state index in [2.05, 4.69) is 5.43 Å². The van der Waals surface area contributed by atoms with E-state index in [9.17, 15) is 14.7 Å². The molecule has 1 unspecified atom stereocenters. The zero-order valence-corrected chi connectivity index (χ0v) is 13.7. The lowest BCUT2D eigenvalue weighted by Crippen LogP contribution is -2.50. The molecule has 0 radical (unpaired) electrons. The summed E-state index contributed by atoms with van der Waals surface area (Å²) in [6.07, 6.45) is 1.04.